The predicted octanol–water partition coefficient (Wildman–Crippen LogP) is 1.43. The van der Waals surface area contributed by atoms with E-state index in [1.807, 2.05) is 6.07 Å². The van der Waals surface area contributed by atoms with Gasteiger partial charge in [-0.05, 0) is 30.9 Å². The molecule has 1 aromatic heterocycles. The number of aromatic nitrogens is 1. The number of nitrogens with one attached hydrogen (secondary N) is 1. The summed E-state index contributed by atoms with van der Waals surface area (Å²) in [6.07, 6.45) is 5.66. The van der Waals surface area contributed by atoms with Gasteiger partial charge in [-0.15, -0.1) is 0 Å². The van der Waals surface area contributed by atoms with E-state index >= 15 is 0 Å². The second-order valence-electron chi connectivity index (χ2n) is 5.38. The smallest absolute Gasteiger partial charge is 0.225 e. The van der Waals surface area contributed by atoms with Gasteiger partial charge in [0.2, 0.25) is 5.91 Å². The van der Waals surface area contributed by atoms with E-state index in [-0.39, 0.29) is 24.3 Å². The van der Waals surface area contributed by atoms with Crippen LogP contribution in [0.3, 0.4) is 0 Å². The quantitative estimate of drug-likeness (QED) is 0.833. The van der Waals surface area contributed by atoms with Gasteiger partial charge in [0.25, 0.3) is 0 Å². The van der Waals surface area contributed by atoms with Gasteiger partial charge in [0.1, 0.15) is 0 Å². The van der Waals surface area contributed by atoms with Crippen LogP contribution in [0.15, 0.2) is 18.5 Å². The van der Waals surface area contributed by atoms with E-state index < -0.39 is 0 Å². The molecule has 5 nitrogen and oxygen atoms in total. The third-order valence-corrected chi connectivity index (χ3v) is 4.06. The Balaban J connectivity index is 1.82. The van der Waals surface area contributed by atoms with Crippen LogP contribution in [0.1, 0.15) is 18.4 Å². The first kappa shape index (κ1) is 16.2. The van der Waals surface area contributed by atoms with Crippen molar-refractivity contribution in [2.24, 2.45) is 11.8 Å². The SMILES string of the molecule is O=C(NCC(CO)Cc1ccncc1Cl)C1CCCOC1. The Hall–Kier alpha value is -1.17. The van der Waals surface area contributed by atoms with Gasteiger partial charge >= 0.3 is 0 Å². The highest BCUT2D eigenvalue weighted by atomic mass is 35.5. The van der Waals surface area contributed by atoms with Gasteiger partial charge in [-0.2, -0.15) is 0 Å². The number of hydrogen-bond acceptors (Lipinski definition) is 4. The lowest BCUT2D eigenvalue weighted by atomic mass is 9.99. The lowest BCUT2D eigenvalue weighted by Crippen LogP contribution is -2.39. The summed E-state index contributed by atoms with van der Waals surface area (Å²) in [7, 11) is 0. The first-order chi connectivity index (χ1) is 10.2. The molecule has 1 aliphatic rings. The fourth-order valence-corrected chi connectivity index (χ4v) is 2.62. The number of halogens is 1. The van der Waals surface area contributed by atoms with Crippen LogP contribution in [0.5, 0.6) is 0 Å². The van der Waals surface area contributed by atoms with Gasteiger partial charge in [-0.25, -0.2) is 0 Å². The number of rotatable bonds is 6. The van der Waals surface area contributed by atoms with Crippen LogP contribution in [-0.4, -0.2) is 42.4 Å². The monoisotopic (exact) mass is 312 g/mol. The molecule has 1 amide bonds. The van der Waals surface area contributed by atoms with Crippen molar-refractivity contribution >= 4 is 17.5 Å². The summed E-state index contributed by atoms with van der Waals surface area (Å²) < 4.78 is 5.31. The van der Waals surface area contributed by atoms with E-state index in [1.54, 1.807) is 12.4 Å². The Morgan fingerprint density at radius 3 is 3.14 bits per heavy atom. The van der Waals surface area contributed by atoms with E-state index in [4.69, 9.17) is 16.3 Å². The van der Waals surface area contributed by atoms with Crippen LogP contribution < -0.4 is 5.32 Å². The standard InChI is InChI=1S/C15H21ClN2O3/c16-14-8-17-4-3-12(14)6-11(9-19)7-18-15(20)13-2-1-5-21-10-13/h3-4,8,11,13,19H,1-2,5-7,9-10H2,(H,18,20). The fraction of sp³-hybridized carbons (Fsp3) is 0.600. The number of aliphatic hydroxyl groups is 1. The molecule has 0 bridgehead atoms. The molecule has 0 aromatic carbocycles. The summed E-state index contributed by atoms with van der Waals surface area (Å²) in [6, 6.07) is 1.84. The summed E-state index contributed by atoms with van der Waals surface area (Å²) in [5, 5.41) is 13.0. The summed E-state index contributed by atoms with van der Waals surface area (Å²) in [5.41, 5.74) is 0.931. The zero-order chi connectivity index (χ0) is 15.1. The van der Waals surface area contributed by atoms with Crippen molar-refractivity contribution in [2.75, 3.05) is 26.4 Å². The van der Waals surface area contributed by atoms with Crippen molar-refractivity contribution in [3.8, 4) is 0 Å². The molecule has 2 heterocycles. The highest BCUT2D eigenvalue weighted by Crippen LogP contribution is 2.18. The lowest BCUT2D eigenvalue weighted by Gasteiger charge is -2.23. The molecule has 1 fully saturated rings. The van der Waals surface area contributed by atoms with Crippen molar-refractivity contribution in [1.82, 2.24) is 10.3 Å². The molecule has 0 saturated carbocycles. The number of hydrogen-bond donors (Lipinski definition) is 2. The Morgan fingerprint density at radius 1 is 1.62 bits per heavy atom. The number of amides is 1. The normalized spacial score (nSPS) is 20.0. The van der Waals surface area contributed by atoms with E-state index in [9.17, 15) is 9.90 Å². The van der Waals surface area contributed by atoms with Crippen LogP contribution in [0.4, 0.5) is 0 Å². The molecular formula is C15H21ClN2O3. The zero-order valence-electron chi connectivity index (χ0n) is 11.9. The second-order valence-corrected chi connectivity index (χ2v) is 5.79. The molecule has 1 aliphatic heterocycles. The molecule has 6 heteroatoms. The number of aliphatic hydroxyl groups excluding tert-OH is 1. The zero-order valence-corrected chi connectivity index (χ0v) is 12.7. The summed E-state index contributed by atoms with van der Waals surface area (Å²) in [6.45, 7) is 1.67. The van der Waals surface area contributed by atoms with Gasteiger partial charge in [0, 0.05) is 38.1 Å². The molecule has 0 spiro atoms. The number of pyridine rings is 1. The topological polar surface area (TPSA) is 71.5 Å². The summed E-state index contributed by atoms with van der Waals surface area (Å²) in [4.78, 5) is 16.0. The molecule has 2 unspecified atom stereocenters. The molecule has 2 atom stereocenters. The highest BCUT2D eigenvalue weighted by molar-refractivity contribution is 6.31. The minimum absolute atomic E-state index is 0.0000976. The van der Waals surface area contributed by atoms with Gasteiger partial charge in [-0.1, -0.05) is 11.6 Å². The van der Waals surface area contributed by atoms with Gasteiger partial charge < -0.3 is 15.2 Å². The largest absolute Gasteiger partial charge is 0.396 e. The maximum atomic E-state index is 12.0. The Kier molecular flexibility index (Phi) is 6.42. The van der Waals surface area contributed by atoms with Crippen molar-refractivity contribution < 1.29 is 14.6 Å². The van der Waals surface area contributed by atoms with Gasteiger partial charge in [-0.3, -0.25) is 9.78 Å². The maximum absolute atomic E-state index is 12.0. The first-order valence-corrected chi connectivity index (χ1v) is 7.63. The van der Waals surface area contributed by atoms with Gasteiger partial charge in [0.05, 0.1) is 17.5 Å². The lowest BCUT2D eigenvalue weighted by molar-refractivity contribution is -0.129. The molecule has 2 N–H and O–H groups in total. The summed E-state index contributed by atoms with van der Waals surface area (Å²) >= 11 is 6.06. The average molecular weight is 313 g/mol. The molecule has 116 valence electrons. The highest BCUT2D eigenvalue weighted by Gasteiger charge is 2.22. The second kappa shape index (κ2) is 8.32. The minimum Gasteiger partial charge on any atom is -0.396 e. The van der Waals surface area contributed by atoms with Crippen LogP contribution in [0, 0.1) is 11.8 Å². The van der Waals surface area contributed by atoms with Crippen molar-refractivity contribution in [2.45, 2.75) is 19.3 Å². The molecule has 21 heavy (non-hydrogen) atoms. The van der Waals surface area contributed by atoms with E-state index in [1.165, 1.54) is 0 Å². The molecule has 1 aromatic rings. The molecule has 2 rings (SSSR count). The average Bonchev–Trinajstić information content (AvgIpc) is 2.53. The number of carbonyl (C=O) groups is 1. The molecule has 0 radical (unpaired) electrons. The molecule has 0 aliphatic carbocycles. The van der Waals surface area contributed by atoms with Crippen LogP contribution in [0.2, 0.25) is 5.02 Å². The third-order valence-electron chi connectivity index (χ3n) is 3.72. The molecular weight excluding hydrogens is 292 g/mol. The summed E-state index contributed by atoms with van der Waals surface area (Å²) in [5.74, 6) is -0.116. The predicted molar refractivity (Wildman–Crippen MR) is 80.1 cm³/mol. The number of carbonyl (C=O) groups excluding carboxylic acids is 1. The van der Waals surface area contributed by atoms with Crippen molar-refractivity contribution in [3.63, 3.8) is 0 Å². The fourth-order valence-electron chi connectivity index (χ4n) is 2.42. The maximum Gasteiger partial charge on any atom is 0.225 e. The Morgan fingerprint density at radius 2 is 2.48 bits per heavy atom. The Labute approximate surface area is 129 Å². The van der Waals surface area contributed by atoms with Gasteiger partial charge in [0.15, 0.2) is 0 Å². The van der Waals surface area contributed by atoms with Crippen molar-refractivity contribution in [3.05, 3.63) is 29.0 Å². The number of nitrogens with zero attached hydrogens (tertiary/aromatic N) is 1. The Bertz CT molecular complexity index is 464. The first-order valence-electron chi connectivity index (χ1n) is 7.25. The van der Waals surface area contributed by atoms with Crippen LogP contribution in [0.25, 0.3) is 0 Å². The van der Waals surface area contributed by atoms with Crippen LogP contribution in [-0.2, 0) is 16.0 Å². The minimum atomic E-state index is -0.0670. The van der Waals surface area contributed by atoms with E-state index in [0.29, 0.717) is 24.6 Å². The van der Waals surface area contributed by atoms with Crippen molar-refractivity contribution in [1.29, 1.82) is 0 Å². The van der Waals surface area contributed by atoms with E-state index in [0.717, 1.165) is 25.0 Å². The number of ether oxygens (including phenoxy) is 1. The molecule has 1 saturated heterocycles. The third kappa shape index (κ3) is 4.95. The van der Waals surface area contributed by atoms with Crippen LogP contribution >= 0.6 is 11.6 Å². The van der Waals surface area contributed by atoms with E-state index in [2.05, 4.69) is 10.3 Å².